The Hall–Kier alpha value is -0.600. The fourth-order valence-corrected chi connectivity index (χ4v) is 2.00. The van der Waals surface area contributed by atoms with E-state index in [0.29, 0.717) is 12.6 Å². The van der Waals surface area contributed by atoms with Crippen molar-refractivity contribution >= 4 is 0 Å². The Morgan fingerprint density at radius 1 is 1.38 bits per heavy atom. The molecule has 0 amide bonds. The summed E-state index contributed by atoms with van der Waals surface area (Å²) in [4.78, 5) is 2.24. The van der Waals surface area contributed by atoms with Crippen molar-refractivity contribution in [3.63, 3.8) is 0 Å². The summed E-state index contributed by atoms with van der Waals surface area (Å²) in [5.74, 6) is 2.65. The zero-order valence-electron chi connectivity index (χ0n) is 9.95. The molecule has 0 aromatic carbocycles. The molecule has 0 aromatic rings. The van der Waals surface area contributed by atoms with E-state index < -0.39 is 5.54 Å². The number of piperidine rings is 1. The maximum atomic E-state index is 9.19. The zero-order valence-corrected chi connectivity index (χ0v) is 9.95. The highest BCUT2D eigenvalue weighted by Crippen LogP contribution is 2.13. The predicted molar refractivity (Wildman–Crippen MR) is 64.0 cm³/mol. The van der Waals surface area contributed by atoms with E-state index in [-0.39, 0.29) is 13.2 Å². The van der Waals surface area contributed by atoms with Crippen LogP contribution >= 0.6 is 0 Å². The maximum Gasteiger partial charge on any atom is 0.0633 e. The molecule has 1 aliphatic heterocycles. The quantitative estimate of drug-likeness (QED) is 0.549. The van der Waals surface area contributed by atoms with Crippen LogP contribution < -0.4 is 5.32 Å². The third kappa shape index (κ3) is 3.76. The Morgan fingerprint density at radius 3 is 2.38 bits per heavy atom. The van der Waals surface area contributed by atoms with Crippen LogP contribution in [0.2, 0.25) is 0 Å². The van der Waals surface area contributed by atoms with Crippen LogP contribution in [-0.4, -0.2) is 59.5 Å². The lowest BCUT2D eigenvalue weighted by Gasteiger charge is -2.37. The highest BCUT2D eigenvalue weighted by atomic mass is 16.3. The van der Waals surface area contributed by atoms with Crippen molar-refractivity contribution in [2.45, 2.75) is 31.3 Å². The number of hydrogen-bond acceptors (Lipinski definition) is 4. The van der Waals surface area contributed by atoms with Gasteiger partial charge in [-0.05, 0) is 19.8 Å². The maximum absolute atomic E-state index is 9.19. The first-order valence-electron chi connectivity index (χ1n) is 5.79. The standard InChI is InChI=1S/C12H22N2O2/c1-3-6-14-7-4-11(5-8-14)13-12(2,9-15)10-16/h1,11,13,15-16H,4-10H2,2H3. The Morgan fingerprint density at radius 2 is 1.94 bits per heavy atom. The van der Waals surface area contributed by atoms with E-state index in [4.69, 9.17) is 6.42 Å². The summed E-state index contributed by atoms with van der Waals surface area (Å²) in [6.07, 6.45) is 7.29. The minimum atomic E-state index is -0.570. The summed E-state index contributed by atoms with van der Waals surface area (Å²) in [6, 6.07) is 0.360. The molecule has 1 fully saturated rings. The van der Waals surface area contributed by atoms with E-state index in [1.165, 1.54) is 0 Å². The molecule has 1 saturated heterocycles. The third-order valence-corrected chi connectivity index (χ3v) is 3.15. The molecule has 0 aliphatic carbocycles. The van der Waals surface area contributed by atoms with Crippen molar-refractivity contribution in [2.75, 3.05) is 32.8 Å². The zero-order chi connectivity index (χ0) is 12.0. The SMILES string of the molecule is C#CCN1CCC(NC(C)(CO)CO)CC1. The number of hydrogen-bond donors (Lipinski definition) is 3. The third-order valence-electron chi connectivity index (χ3n) is 3.15. The molecule has 0 unspecified atom stereocenters. The van der Waals surface area contributed by atoms with Gasteiger partial charge in [0.1, 0.15) is 0 Å². The van der Waals surface area contributed by atoms with Gasteiger partial charge in [0.05, 0.1) is 25.3 Å². The molecule has 1 rings (SSSR count). The lowest BCUT2D eigenvalue weighted by Crippen LogP contribution is -2.56. The second kappa shape index (κ2) is 6.21. The first kappa shape index (κ1) is 13.5. The number of nitrogens with zero attached hydrogens (tertiary/aromatic N) is 1. The first-order valence-corrected chi connectivity index (χ1v) is 5.79. The van der Waals surface area contributed by atoms with Crippen LogP contribution in [0.25, 0.3) is 0 Å². The summed E-state index contributed by atoms with van der Waals surface area (Å²) in [5.41, 5.74) is -0.570. The molecule has 4 nitrogen and oxygen atoms in total. The molecule has 0 spiro atoms. The highest BCUT2D eigenvalue weighted by molar-refractivity contribution is 4.92. The fourth-order valence-electron chi connectivity index (χ4n) is 2.00. The molecular weight excluding hydrogens is 204 g/mol. The van der Waals surface area contributed by atoms with Gasteiger partial charge in [-0.25, -0.2) is 0 Å². The molecule has 3 N–H and O–H groups in total. The minimum Gasteiger partial charge on any atom is -0.394 e. The molecule has 1 heterocycles. The summed E-state index contributed by atoms with van der Waals surface area (Å²) in [5, 5.41) is 21.7. The van der Waals surface area contributed by atoms with E-state index >= 15 is 0 Å². The lowest BCUT2D eigenvalue weighted by molar-refractivity contribution is 0.0815. The van der Waals surface area contributed by atoms with Crippen molar-refractivity contribution in [3.05, 3.63) is 0 Å². The van der Waals surface area contributed by atoms with Crippen LogP contribution in [0, 0.1) is 12.3 Å². The normalized spacial score (nSPS) is 19.6. The first-order chi connectivity index (χ1) is 7.63. The van der Waals surface area contributed by atoms with Crippen molar-refractivity contribution in [3.8, 4) is 12.3 Å². The summed E-state index contributed by atoms with van der Waals surface area (Å²) in [7, 11) is 0. The second-order valence-corrected chi connectivity index (χ2v) is 4.78. The highest BCUT2D eigenvalue weighted by Gasteiger charge is 2.27. The predicted octanol–water partition coefficient (Wildman–Crippen LogP) is -0.583. The molecule has 0 aromatic heterocycles. The Labute approximate surface area is 97.6 Å². The average molecular weight is 226 g/mol. The van der Waals surface area contributed by atoms with Gasteiger partial charge in [0, 0.05) is 19.1 Å². The van der Waals surface area contributed by atoms with E-state index in [1.807, 2.05) is 6.92 Å². The lowest BCUT2D eigenvalue weighted by atomic mass is 9.98. The number of terminal acetylenes is 1. The van der Waals surface area contributed by atoms with Crippen molar-refractivity contribution < 1.29 is 10.2 Å². The van der Waals surface area contributed by atoms with Crippen LogP contribution in [0.15, 0.2) is 0 Å². The molecule has 16 heavy (non-hydrogen) atoms. The number of aliphatic hydroxyl groups excluding tert-OH is 2. The van der Waals surface area contributed by atoms with E-state index in [0.717, 1.165) is 25.9 Å². The Kier molecular flexibility index (Phi) is 5.23. The van der Waals surface area contributed by atoms with Gasteiger partial charge in [0.2, 0.25) is 0 Å². The fraction of sp³-hybridized carbons (Fsp3) is 0.833. The molecule has 0 atom stereocenters. The van der Waals surface area contributed by atoms with Crippen LogP contribution in [0.3, 0.4) is 0 Å². The van der Waals surface area contributed by atoms with Crippen LogP contribution in [-0.2, 0) is 0 Å². The molecule has 1 aliphatic rings. The van der Waals surface area contributed by atoms with Gasteiger partial charge >= 0.3 is 0 Å². The largest absolute Gasteiger partial charge is 0.394 e. The number of aliphatic hydroxyl groups is 2. The monoisotopic (exact) mass is 226 g/mol. The molecule has 4 heteroatoms. The van der Waals surface area contributed by atoms with Crippen molar-refractivity contribution in [1.29, 1.82) is 0 Å². The topological polar surface area (TPSA) is 55.7 Å². The Bertz CT molecular complexity index is 238. The molecular formula is C12H22N2O2. The second-order valence-electron chi connectivity index (χ2n) is 4.78. The Balaban J connectivity index is 2.34. The van der Waals surface area contributed by atoms with Gasteiger partial charge in [0.15, 0.2) is 0 Å². The van der Waals surface area contributed by atoms with Gasteiger partial charge in [0.25, 0.3) is 0 Å². The smallest absolute Gasteiger partial charge is 0.0633 e. The summed E-state index contributed by atoms with van der Waals surface area (Å²) < 4.78 is 0. The van der Waals surface area contributed by atoms with Crippen molar-refractivity contribution in [2.24, 2.45) is 0 Å². The van der Waals surface area contributed by atoms with E-state index in [9.17, 15) is 10.2 Å². The molecule has 0 radical (unpaired) electrons. The van der Waals surface area contributed by atoms with Gasteiger partial charge in [-0.3, -0.25) is 4.90 Å². The molecule has 92 valence electrons. The van der Waals surface area contributed by atoms with Crippen LogP contribution in [0.1, 0.15) is 19.8 Å². The average Bonchev–Trinajstić information content (AvgIpc) is 2.32. The van der Waals surface area contributed by atoms with E-state index in [1.54, 1.807) is 0 Å². The van der Waals surface area contributed by atoms with Gasteiger partial charge in [-0.15, -0.1) is 6.42 Å². The molecule has 0 saturated carbocycles. The minimum absolute atomic E-state index is 0.0475. The summed E-state index contributed by atoms with van der Waals surface area (Å²) >= 11 is 0. The van der Waals surface area contributed by atoms with Gasteiger partial charge in [-0.1, -0.05) is 5.92 Å². The number of rotatable bonds is 5. The molecule has 0 bridgehead atoms. The van der Waals surface area contributed by atoms with Gasteiger partial charge in [-0.2, -0.15) is 0 Å². The van der Waals surface area contributed by atoms with Gasteiger partial charge < -0.3 is 15.5 Å². The van der Waals surface area contributed by atoms with Crippen molar-refractivity contribution in [1.82, 2.24) is 10.2 Å². The number of nitrogens with one attached hydrogen (secondary N) is 1. The number of likely N-dealkylation sites (tertiary alicyclic amines) is 1. The van der Waals surface area contributed by atoms with Crippen LogP contribution in [0.4, 0.5) is 0 Å². The van der Waals surface area contributed by atoms with Crippen LogP contribution in [0.5, 0.6) is 0 Å². The summed E-state index contributed by atoms with van der Waals surface area (Å²) in [6.45, 7) is 4.41. The van der Waals surface area contributed by atoms with E-state index in [2.05, 4.69) is 16.1 Å².